The summed E-state index contributed by atoms with van der Waals surface area (Å²) in [7, 11) is -4.12. The van der Waals surface area contributed by atoms with Gasteiger partial charge in [0.15, 0.2) is 9.84 Å². The van der Waals surface area contributed by atoms with Crippen LogP contribution in [0.3, 0.4) is 0 Å². The lowest BCUT2D eigenvalue weighted by Crippen LogP contribution is -2.51. The topological polar surface area (TPSA) is 72.9 Å². The minimum absolute atomic E-state index is 0.101. The molecule has 0 saturated carbocycles. The number of hydrogen-bond donors (Lipinski definition) is 0. The summed E-state index contributed by atoms with van der Waals surface area (Å²) >= 11 is 0. The lowest BCUT2D eigenvalue weighted by molar-refractivity contribution is -0.129. The summed E-state index contributed by atoms with van der Waals surface area (Å²) < 4.78 is 88.0. The van der Waals surface area contributed by atoms with Gasteiger partial charge < -0.3 is 14.4 Å². The highest BCUT2D eigenvalue weighted by atomic mass is 32.2. The molecule has 0 aliphatic carbocycles. The number of hydrogen-bond acceptors (Lipinski definition) is 5. The molecule has 0 radical (unpaired) electrons. The number of alkyl halides is 3. The van der Waals surface area contributed by atoms with Crippen molar-refractivity contribution in [1.29, 1.82) is 0 Å². The highest BCUT2D eigenvalue weighted by molar-refractivity contribution is 7.90. The number of halogens is 4. The van der Waals surface area contributed by atoms with E-state index in [4.69, 9.17) is 9.47 Å². The zero-order valence-electron chi connectivity index (χ0n) is 22.9. The Morgan fingerprint density at radius 2 is 1.68 bits per heavy atom. The fourth-order valence-corrected chi connectivity index (χ4v) is 6.34. The average molecular weight is 586 g/mol. The second kappa shape index (κ2) is 11.2. The number of sulfone groups is 1. The van der Waals surface area contributed by atoms with Gasteiger partial charge in [0.2, 0.25) is 0 Å². The van der Waals surface area contributed by atoms with E-state index in [0.29, 0.717) is 38.1 Å². The number of rotatable bonds is 6. The van der Waals surface area contributed by atoms with E-state index in [1.807, 2.05) is 32.9 Å². The van der Waals surface area contributed by atoms with Crippen LogP contribution < -0.4 is 4.74 Å². The standard InChI is InChI=1S/C29H35F4NO5S/c1-27(2,3)19-38-26(35)34-13-10-28(11-14-34)9-8-22-16-20(6-7-25(22)39-28)21-4-5-23(24(30)17-21)18-40(36,37)15-12-29(31,32)33/h4-7,16-17H,8-15,18-19H2,1-3H3. The van der Waals surface area contributed by atoms with Crippen molar-refractivity contribution < 1.29 is 40.2 Å². The minimum Gasteiger partial charge on any atom is -0.487 e. The van der Waals surface area contributed by atoms with Gasteiger partial charge >= 0.3 is 12.3 Å². The number of fused-ring (bicyclic) bond motifs is 1. The van der Waals surface area contributed by atoms with Crippen molar-refractivity contribution in [3.8, 4) is 16.9 Å². The van der Waals surface area contributed by atoms with Crippen LogP contribution in [0.25, 0.3) is 11.1 Å². The zero-order chi connectivity index (χ0) is 29.3. The first-order valence-electron chi connectivity index (χ1n) is 13.3. The molecule has 1 spiro atoms. The van der Waals surface area contributed by atoms with Gasteiger partial charge in [-0.1, -0.05) is 39.0 Å². The van der Waals surface area contributed by atoms with Crippen molar-refractivity contribution in [2.75, 3.05) is 25.4 Å². The molecule has 0 N–H and O–H groups in total. The molecule has 2 aliphatic heterocycles. The van der Waals surface area contributed by atoms with Gasteiger partial charge in [-0.05, 0) is 53.1 Å². The first-order chi connectivity index (χ1) is 18.5. The highest BCUT2D eigenvalue weighted by Crippen LogP contribution is 2.41. The number of piperidine rings is 1. The van der Waals surface area contributed by atoms with Crippen molar-refractivity contribution in [2.45, 2.75) is 70.4 Å². The SMILES string of the molecule is CC(C)(C)COC(=O)N1CCC2(CCc3cc(-c4ccc(CS(=O)(=O)CCC(F)(F)F)c(F)c4)ccc3O2)CC1. The Morgan fingerprint density at radius 3 is 2.30 bits per heavy atom. The molecular weight excluding hydrogens is 550 g/mol. The van der Waals surface area contributed by atoms with Gasteiger partial charge in [0.25, 0.3) is 0 Å². The molecule has 1 amide bonds. The third kappa shape index (κ3) is 7.89. The Morgan fingerprint density at radius 1 is 1.02 bits per heavy atom. The normalized spacial score (nSPS) is 17.3. The summed E-state index contributed by atoms with van der Waals surface area (Å²) in [5.74, 6) is -1.91. The third-order valence-electron chi connectivity index (χ3n) is 7.26. The number of aryl methyl sites for hydroxylation is 1. The number of nitrogens with zero attached hydrogens (tertiary/aromatic N) is 1. The Labute approximate surface area is 232 Å². The monoisotopic (exact) mass is 585 g/mol. The molecule has 6 nitrogen and oxygen atoms in total. The molecule has 0 unspecified atom stereocenters. The van der Waals surface area contributed by atoms with Crippen LogP contribution in [0, 0.1) is 11.2 Å². The Kier molecular flexibility index (Phi) is 8.45. The van der Waals surface area contributed by atoms with Gasteiger partial charge in [-0.25, -0.2) is 17.6 Å². The van der Waals surface area contributed by atoms with Crippen LogP contribution in [0.4, 0.5) is 22.4 Å². The largest absolute Gasteiger partial charge is 0.487 e. The first kappa shape index (κ1) is 30.1. The van der Waals surface area contributed by atoms with Crippen molar-refractivity contribution in [2.24, 2.45) is 5.41 Å². The van der Waals surface area contributed by atoms with E-state index in [1.165, 1.54) is 12.1 Å². The molecule has 0 aromatic heterocycles. The fraction of sp³-hybridized carbons (Fsp3) is 0.552. The average Bonchev–Trinajstić information content (AvgIpc) is 2.87. The molecule has 4 rings (SSSR count). The lowest BCUT2D eigenvalue weighted by atomic mass is 9.82. The number of carbonyl (C=O) groups excluding carboxylic acids is 1. The van der Waals surface area contributed by atoms with Crippen molar-refractivity contribution >= 4 is 15.9 Å². The molecular formula is C29H35F4NO5S. The molecule has 2 aromatic rings. The molecule has 0 atom stereocenters. The van der Waals surface area contributed by atoms with Gasteiger partial charge in [-0.15, -0.1) is 0 Å². The first-order valence-corrected chi connectivity index (χ1v) is 15.2. The van der Waals surface area contributed by atoms with Crippen molar-refractivity contribution in [3.05, 3.63) is 53.3 Å². The van der Waals surface area contributed by atoms with E-state index in [-0.39, 0.29) is 22.7 Å². The van der Waals surface area contributed by atoms with Gasteiger partial charge in [0, 0.05) is 31.5 Å². The zero-order valence-corrected chi connectivity index (χ0v) is 23.8. The fourth-order valence-electron chi connectivity index (χ4n) is 4.94. The minimum atomic E-state index is -4.59. The second-order valence-corrected chi connectivity index (χ2v) is 14.2. The number of carbonyl (C=O) groups is 1. The van der Waals surface area contributed by atoms with E-state index in [1.54, 1.807) is 17.0 Å². The quantitative estimate of drug-likeness (QED) is 0.353. The molecule has 2 aliphatic rings. The van der Waals surface area contributed by atoms with Gasteiger partial charge in [-0.3, -0.25) is 0 Å². The molecule has 2 aromatic carbocycles. The maximum absolute atomic E-state index is 14.8. The van der Waals surface area contributed by atoms with Crippen LogP contribution in [0.2, 0.25) is 0 Å². The van der Waals surface area contributed by atoms with E-state index >= 15 is 0 Å². The van der Waals surface area contributed by atoms with E-state index in [2.05, 4.69) is 0 Å². The highest BCUT2D eigenvalue weighted by Gasteiger charge is 2.41. The van der Waals surface area contributed by atoms with E-state index in [0.717, 1.165) is 29.7 Å². The predicted octanol–water partition coefficient (Wildman–Crippen LogP) is 6.70. The summed E-state index contributed by atoms with van der Waals surface area (Å²) in [5, 5.41) is 0. The van der Waals surface area contributed by atoms with Crippen molar-refractivity contribution in [3.63, 3.8) is 0 Å². The lowest BCUT2D eigenvalue weighted by Gasteiger charge is -2.44. The third-order valence-corrected chi connectivity index (χ3v) is 8.83. The molecule has 40 heavy (non-hydrogen) atoms. The summed E-state index contributed by atoms with van der Waals surface area (Å²) in [6, 6.07) is 9.63. The smallest absolute Gasteiger partial charge is 0.409 e. The maximum Gasteiger partial charge on any atom is 0.409 e. The number of likely N-dealkylation sites (tertiary alicyclic amines) is 1. The molecule has 1 saturated heterocycles. The molecule has 220 valence electrons. The van der Waals surface area contributed by atoms with Crippen LogP contribution in [-0.2, 0) is 26.7 Å². The van der Waals surface area contributed by atoms with Crippen molar-refractivity contribution in [1.82, 2.24) is 4.90 Å². The number of amides is 1. The molecule has 2 heterocycles. The second-order valence-electron chi connectivity index (χ2n) is 12.0. The summed E-state index contributed by atoms with van der Waals surface area (Å²) in [4.78, 5) is 14.2. The van der Waals surface area contributed by atoms with E-state index in [9.17, 15) is 30.8 Å². The Bertz CT molecular complexity index is 1340. The van der Waals surface area contributed by atoms with Crippen LogP contribution >= 0.6 is 0 Å². The molecule has 1 fully saturated rings. The summed E-state index contributed by atoms with van der Waals surface area (Å²) in [6.45, 7) is 7.48. The molecule has 11 heteroatoms. The van der Waals surface area contributed by atoms with Crippen LogP contribution in [-0.4, -0.2) is 56.6 Å². The number of ether oxygens (including phenoxy) is 2. The number of benzene rings is 2. The van der Waals surface area contributed by atoms with Gasteiger partial charge in [0.1, 0.15) is 17.2 Å². The maximum atomic E-state index is 14.8. The van der Waals surface area contributed by atoms with Gasteiger partial charge in [0.05, 0.1) is 24.5 Å². The molecule has 0 bridgehead atoms. The van der Waals surface area contributed by atoms with Crippen LogP contribution in [0.5, 0.6) is 5.75 Å². The summed E-state index contributed by atoms with van der Waals surface area (Å²) in [6.07, 6.45) is -3.46. The summed E-state index contributed by atoms with van der Waals surface area (Å²) in [5.41, 5.74) is 1.59. The van der Waals surface area contributed by atoms with Crippen LogP contribution in [0.15, 0.2) is 36.4 Å². The van der Waals surface area contributed by atoms with Gasteiger partial charge in [-0.2, -0.15) is 13.2 Å². The Balaban J connectivity index is 1.38. The van der Waals surface area contributed by atoms with Crippen LogP contribution in [0.1, 0.15) is 57.6 Å². The Hall–Kier alpha value is -2.82. The van der Waals surface area contributed by atoms with E-state index < -0.39 is 39.8 Å². The predicted molar refractivity (Wildman–Crippen MR) is 143 cm³/mol.